The van der Waals surface area contributed by atoms with Crippen molar-refractivity contribution in [2.75, 3.05) is 24.7 Å². The molecular formula is C13H22N2O2. The molecule has 1 rings (SSSR count). The summed E-state index contributed by atoms with van der Waals surface area (Å²) in [5.41, 5.74) is 6.57. The lowest BCUT2D eigenvalue weighted by Gasteiger charge is -2.24. The molecule has 4 heteroatoms. The maximum atomic E-state index is 10.1. The first-order valence-corrected chi connectivity index (χ1v) is 5.88. The van der Waals surface area contributed by atoms with E-state index in [9.17, 15) is 5.11 Å². The second-order valence-electron chi connectivity index (χ2n) is 4.55. The number of hydrogen-bond donors (Lipinski definition) is 3. The Kier molecular flexibility index (Phi) is 4.63. The lowest BCUT2D eigenvalue weighted by molar-refractivity contribution is 0.0637. The fraction of sp³-hybridized carbons (Fsp3) is 0.538. The van der Waals surface area contributed by atoms with Crippen molar-refractivity contribution in [2.24, 2.45) is 0 Å². The molecule has 0 aliphatic heterocycles. The van der Waals surface area contributed by atoms with Crippen LogP contribution in [0.2, 0.25) is 0 Å². The monoisotopic (exact) mass is 238 g/mol. The number of nitrogens with one attached hydrogen (secondary N) is 1. The molecule has 96 valence electrons. The molecule has 4 N–H and O–H groups in total. The maximum Gasteiger partial charge on any atom is 0.121 e. The molecule has 0 aromatic heterocycles. The van der Waals surface area contributed by atoms with Crippen LogP contribution in [-0.4, -0.2) is 24.4 Å². The van der Waals surface area contributed by atoms with Crippen molar-refractivity contribution in [2.45, 2.75) is 32.3 Å². The van der Waals surface area contributed by atoms with Gasteiger partial charge in [-0.25, -0.2) is 0 Å². The van der Waals surface area contributed by atoms with Crippen LogP contribution in [0, 0.1) is 0 Å². The molecule has 1 aromatic carbocycles. The van der Waals surface area contributed by atoms with Crippen molar-refractivity contribution in [3.8, 4) is 5.75 Å². The molecule has 0 radical (unpaired) electrons. The normalized spacial score (nSPS) is 14.1. The molecule has 1 aromatic rings. The summed E-state index contributed by atoms with van der Waals surface area (Å²) in [6.07, 6.45) is 1.70. The van der Waals surface area contributed by atoms with Gasteiger partial charge in [-0.2, -0.15) is 0 Å². The lowest BCUT2D eigenvalue weighted by atomic mass is 10.0. The zero-order chi connectivity index (χ0) is 12.9. The second kappa shape index (κ2) is 5.77. The van der Waals surface area contributed by atoms with Crippen LogP contribution in [-0.2, 0) is 0 Å². The number of anilines is 2. The molecule has 1 unspecified atom stereocenters. The summed E-state index contributed by atoms with van der Waals surface area (Å²) in [5.74, 6) is 0.747. The number of methoxy groups -OCH3 is 1. The van der Waals surface area contributed by atoms with E-state index in [0.717, 1.165) is 24.3 Å². The number of aliphatic hydroxyl groups is 1. The predicted molar refractivity (Wildman–Crippen MR) is 71.4 cm³/mol. The molecule has 0 heterocycles. The summed E-state index contributed by atoms with van der Waals surface area (Å²) in [6, 6.07) is 5.43. The third-order valence-electron chi connectivity index (χ3n) is 2.71. The minimum absolute atomic E-state index is 0.470. The van der Waals surface area contributed by atoms with Gasteiger partial charge in [0.1, 0.15) is 5.75 Å². The highest BCUT2D eigenvalue weighted by atomic mass is 16.5. The van der Waals surface area contributed by atoms with E-state index in [2.05, 4.69) is 5.32 Å². The second-order valence-corrected chi connectivity index (χ2v) is 4.55. The molecule has 0 aliphatic carbocycles. The smallest absolute Gasteiger partial charge is 0.121 e. The van der Waals surface area contributed by atoms with E-state index in [1.54, 1.807) is 13.2 Å². The Balaban J connectivity index is 2.68. The maximum absolute atomic E-state index is 10.1. The minimum Gasteiger partial charge on any atom is -0.497 e. The van der Waals surface area contributed by atoms with Crippen LogP contribution < -0.4 is 15.8 Å². The predicted octanol–water partition coefficient (Wildman–Crippen LogP) is 2.24. The standard InChI is InChI=1S/C13H22N2O2/c1-4-7-13(2,16)9-15-12-8-10(17-3)5-6-11(12)14/h5-6,8,15-16H,4,7,9,14H2,1-3H3. The molecule has 17 heavy (non-hydrogen) atoms. The Morgan fingerprint density at radius 3 is 2.76 bits per heavy atom. The van der Waals surface area contributed by atoms with Gasteiger partial charge in [0.2, 0.25) is 0 Å². The van der Waals surface area contributed by atoms with Gasteiger partial charge in [0.05, 0.1) is 24.1 Å². The molecular weight excluding hydrogens is 216 g/mol. The Morgan fingerprint density at radius 1 is 1.47 bits per heavy atom. The van der Waals surface area contributed by atoms with Gasteiger partial charge >= 0.3 is 0 Å². The first-order valence-electron chi connectivity index (χ1n) is 5.88. The SMILES string of the molecule is CCCC(C)(O)CNc1cc(OC)ccc1N. The molecule has 1 atom stereocenters. The number of ether oxygens (including phenoxy) is 1. The Labute approximate surface area is 103 Å². The summed E-state index contributed by atoms with van der Waals surface area (Å²) >= 11 is 0. The third kappa shape index (κ3) is 4.15. The molecule has 0 saturated heterocycles. The number of nitrogen functional groups attached to an aromatic ring is 1. The van der Waals surface area contributed by atoms with Gasteiger partial charge in [0, 0.05) is 12.6 Å². The van der Waals surface area contributed by atoms with Crippen molar-refractivity contribution < 1.29 is 9.84 Å². The minimum atomic E-state index is -0.718. The summed E-state index contributed by atoms with van der Waals surface area (Å²) in [6.45, 7) is 4.34. The first kappa shape index (κ1) is 13.6. The van der Waals surface area contributed by atoms with Crippen molar-refractivity contribution in [1.29, 1.82) is 0 Å². The molecule has 0 bridgehead atoms. The van der Waals surface area contributed by atoms with E-state index in [1.807, 2.05) is 26.0 Å². The Hall–Kier alpha value is -1.42. The molecule has 0 fully saturated rings. The van der Waals surface area contributed by atoms with Gasteiger partial charge in [-0.1, -0.05) is 13.3 Å². The van der Waals surface area contributed by atoms with Gasteiger partial charge in [0.15, 0.2) is 0 Å². The van der Waals surface area contributed by atoms with Crippen LogP contribution in [0.15, 0.2) is 18.2 Å². The van der Waals surface area contributed by atoms with Crippen LogP contribution in [0.5, 0.6) is 5.75 Å². The summed E-state index contributed by atoms with van der Waals surface area (Å²) < 4.78 is 5.13. The van der Waals surface area contributed by atoms with Gasteiger partial charge in [0.25, 0.3) is 0 Å². The summed E-state index contributed by atoms with van der Waals surface area (Å²) in [5, 5.41) is 13.2. The van der Waals surface area contributed by atoms with Gasteiger partial charge in [-0.3, -0.25) is 0 Å². The Morgan fingerprint density at radius 2 is 2.18 bits per heavy atom. The summed E-state index contributed by atoms with van der Waals surface area (Å²) in [7, 11) is 1.61. The highest BCUT2D eigenvalue weighted by Crippen LogP contribution is 2.25. The molecule has 0 saturated carbocycles. The zero-order valence-corrected chi connectivity index (χ0v) is 10.8. The van der Waals surface area contributed by atoms with Crippen molar-refractivity contribution >= 4 is 11.4 Å². The van der Waals surface area contributed by atoms with Crippen LogP contribution in [0.25, 0.3) is 0 Å². The van der Waals surface area contributed by atoms with Crippen molar-refractivity contribution in [3.63, 3.8) is 0 Å². The quantitative estimate of drug-likeness (QED) is 0.665. The summed E-state index contributed by atoms with van der Waals surface area (Å²) in [4.78, 5) is 0. The fourth-order valence-corrected chi connectivity index (χ4v) is 1.73. The van der Waals surface area contributed by atoms with Crippen LogP contribution >= 0.6 is 0 Å². The van der Waals surface area contributed by atoms with Gasteiger partial charge < -0.3 is 20.9 Å². The number of benzene rings is 1. The molecule has 4 nitrogen and oxygen atoms in total. The number of rotatable bonds is 6. The average molecular weight is 238 g/mol. The van der Waals surface area contributed by atoms with Crippen molar-refractivity contribution in [3.05, 3.63) is 18.2 Å². The molecule has 0 aliphatic rings. The molecule has 0 amide bonds. The zero-order valence-electron chi connectivity index (χ0n) is 10.8. The average Bonchev–Trinajstić information content (AvgIpc) is 2.28. The first-order chi connectivity index (χ1) is 7.98. The number of nitrogens with two attached hydrogens (primary N) is 1. The highest BCUT2D eigenvalue weighted by Gasteiger charge is 2.18. The Bertz CT molecular complexity index is 364. The van der Waals surface area contributed by atoms with E-state index in [4.69, 9.17) is 10.5 Å². The van der Waals surface area contributed by atoms with Crippen LogP contribution in [0.1, 0.15) is 26.7 Å². The van der Waals surface area contributed by atoms with Gasteiger partial charge in [-0.05, 0) is 25.5 Å². The topological polar surface area (TPSA) is 67.5 Å². The van der Waals surface area contributed by atoms with Crippen molar-refractivity contribution in [1.82, 2.24) is 0 Å². The van der Waals surface area contributed by atoms with Crippen LogP contribution in [0.4, 0.5) is 11.4 Å². The van der Waals surface area contributed by atoms with E-state index in [1.165, 1.54) is 0 Å². The van der Waals surface area contributed by atoms with E-state index < -0.39 is 5.60 Å². The van der Waals surface area contributed by atoms with E-state index in [0.29, 0.717) is 12.2 Å². The molecule has 0 spiro atoms. The van der Waals surface area contributed by atoms with Gasteiger partial charge in [-0.15, -0.1) is 0 Å². The van der Waals surface area contributed by atoms with E-state index in [-0.39, 0.29) is 0 Å². The van der Waals surface area contributed by atoms with E-state index >= 15 is 0 Å². The fourth-order valence-electron chi connectivity index (χ4n) is 1.73. The highest BCUT2D eigenvalue weighted by molar-refractivity contribution is 5.68. The third-order valence-corrected chi connectivity index (χ3v) is 2.71. The largest absolute Gasteiger partial charge is 0.497 e. The lowest BCUT2D eigenvalue weighted by Crippen LogP contribution is -2.33. The number of hydrogen-bond acceptors (Lipinski definition) is 4. The van der Waals surface area contributed by atoms with Crippen LogP contribution in [0.3, 0.4) is 0 Å².